The zero-order chi connectivity index (χ0) is 22.9. The van der Waals surface area contributed by atoms with Crippen LogP contribution in [0.1, 0.15) is 57.7 Å². The summed E-state index contributed by atoms with van der Waals surface area (Å²) < 4.78 is 5.39. The fourth-order valence-electron chi connectivity index (χ4n) is 4.16. The first kappa shape index (κ1) is 22.6. The van der Waals surface area contributed by atoms with Gasteiger partial charge in [0, 0.05) is 4.88 Å². The summed E-state index contributed by atoms with van der Waals surface area (Å²) in [5.41, 5.74) is 2.44. The van der Waals surface area contributed by atoms with Gasteiger partial charge < -0.3 is 15.4 Å². The molecule has 1 aromatic carbocycles. The Balaban J connectivity index is 1.70. The van der Waals surface area contributed by atoms with Gasteiger partial charge in [0.05, 0.1) is 23.2 Å². The van der Waals surface area contributed by atoms with Gasteiger partial charge in [0.1, 0.15) is 10.8 Å². The third-order valence-corrected chi connectivity index (χ3v) is 8.08. The van der Waals surface area contributed by atoms with Crippen LogP contribution in [0.15, 0.2) is 41.8 Å². The number of ether oxygens (including phenoxy) is 1. The quantitative estimate of drug-likeness (QED) is 0.451. The largest absolute Gasteiger partial charge is 0.495 e. The topological polar surface area (TPSA) is 67.4 Å². The van der Waals surface area contributed by atoms with E-state index >= 15 is 0 Å². The number of carbonyl (C=O) groups excluding carboxylic acids is 2. The van der Waals surface area contributed by atoms with Crippen LogP contribution in [0.5, 0.6) is 5.75 Å². The molecule has 0 spiro atoms. The van der Waals surface area contributed by atoms with E-state index in [0.29, 0.717) is 32.8 Å². The number of carbonyl (C=O) groups is 2. The van der Waals surface area contributed by atoms with E-state index in [1.807, 2.05) is 35.7 Å². The molecular formula is C25H28N2O3S2. The highest BCUT2D eigenvalue weighted by molar-refractivity contribution is 7.17. The van der Waals surface area contributed by atoms with Crippen LogP contribution in [0.2, 0.25) is 0 Å². The first-order valence-electron chi connectivity index (χ1n) is 10.7. The van der Waals surface area contributed by atoms with Crippen molar-refractivity contribution >= 4 is 45.2 Å². The van der Waals surface area contributed by atoms with E-state index in [1.165, 1.54) is 27.6 Å². The lowest BCUT2D eigenvalue weighted by Crippen LogP contribution is -2.27. The first-order valence-corrected chi connectivity index (χ1v) is 12.4. The molecule has 168 valence electrons. The first-order chi connectivity index (χ1) is 15.3. The van der Waals surface area contributed by atoms with Crippen molar-refractivity contribution in [2.24, 2.45) is 11.3 Å². The van der Waals surface area contributed by atoms with Crippen LogP contribution in [-0.4, -0.2) is 18.9 Å². The molecule has 0 fully saturated rings. The Labute approximate surface area is 196 Å². The predicted molar refractivity (Wildman–Crippen MR) is 133 cm³/mol. The van der Waals surface area contributed by atoms with E-state index in [-0.39, 0.29) is 17.2 Å². The fourth-order valence-corrected chi connectivity index (χ4v) is 6.10. The Kier molecular flexibility index (Phi) is 6.40. The molecule has 3 aromatic rings. The van der Waals surface area contributed by atoms with Crippen molar-refractivity contribution in [2.45, 2.75) is 40.0 Å². The minimum atomic E-state index is -0.220. The van der Waals surface area contributed by atoms with E-state index in [4.69, 9.17) is 4.74 Å². The van der Waals surface area contributed by atoms with Crippen molar-refractivity contribution in [1.29, 1.82) is 0 Å². The Bertz CT molecular complexity index is 1130. The van der Waals surface area contributed by atoms with Crippen molar-refractivity contribution in [3.63, 3.8) is 0 Å². The molecule has 2 aromatic heterocycles. The third-order valence-electron chi connectivity index (χ3n) is 6.04. The van der Waals surface area contributed by atoms with Gasteiger partial charge in [-0.25, -0.2) is 0 Å². The number of hydrogen-bond acceptors (Lipinski definition) is 5. The minimum absolute atomic E-state index is 0.183. The number of nitrogens with one attached hydrogen (secondary N) is 2. The van der Waals surface area contributed by atoms with Crippen LogP contribution in [0.3, 0.4) is 0 Å². The van der Waals surface area contributed by atoms with Crippen molar-refractivity contribution < 1.29 is 14.3 Å². The standard InChI is InChI=1S/C25H28N2O3S2/c1-25(2,3)15-11-12-16-20(14-15)32-24(27-22(28)19-10-7-13-31-19)21(16)23(29)26-17-8-5-6-9-18(17)30-4/h5-10,13,15H,11-12,14H2,1-4H3,(H,26,29)(H,27,28)/t15-/m0/s1. The molecule has 32 heavy (non-hydrogen) atoms. The van der Waals surface area contributed by atoms with E-state index < -0.39 is 0 Å². The van der Waals surface area contributed by atoms with Crippen molar-refractivity contribution in [2.75, 3.05) is 17.7 Å². The number of thiophene rings is 2. The lowest BCUT2D eigenvalue weighted by Gasteiger charge is -2.33. The molecular weight excluding hydrogens is 440 g/mol. The summed E-state index contributed by atoms with van der Waals surface area (Å²) in [4.78, 5) is 28.1. The lowest BCUT2D eigenvalue weighted by molar-refractivity contribution is 0.102. The van der Waals surface area contributed by atoms with Crippen LogP contribution < -0.4 is 15.4 Å². The molecule has 1 atom stereocenters. The van der Waals surface area contributed by atoms with Gasteiger partial charge in [-0.3, -0.25) is 9.59 Å². The molecule has 2 amide bonds. The number of hydrogen-bond donors (Lipinski definition) is 2. The molecule has 7 heteroatoms. The molecule has 4 rings (SSSR count). The van der Waals surface area contributed by atoms with Gasteiger partial charge in [-0.15, -0.1) is 22.7 Å². The van der Waals surface area contributed by atoms with Crippen molar-refractivity contribution in [1.82, 2.24) is 0 Å². The van der Waals surface area contributed by atoms with Crippen LogP contribution in [0, 0.1) is 11.3 Å². The van der Waals surface area contributed by atoms with Crippen molar-refractivity contribution in [3.8, 4) is 5.75 Å². The summed E-state index contributed by atoms with van der Waals surface area (Å²) in [6.07, 6.45) is 2.78. The second-order valence-corrected chi connectivity index (χ2v) is 11.2. The van der Waals surface area contributed by atoms with Crippen LogP contribution in [-0.2, 0) is 12.8 Å². The highest BCUT2D eigenvalue weighted by Gasteiger charge is 2.34. The minimum Gasteiger partial charge on any atom is -0.495 e. The summed E-state index contributed by atoms with van der Waals surface area (Å²) in [6.45, 7) is 6.81. The molecule has 0 saturated heterocycles. The summed E-state index contributed by atoms with van der Waals surface area (Å²) in [5, 5.41) is 8.51. The van der Waals surface area contributed by atoms with Gasteiger partial charge >= 0.3 is 0 Å². The maximum Gasteiger partial charge on any atom is 0.266 e. The molecule has 0 saturated carbocycles. The monoisotopic (exact) mass is 468 g/mol. The van der Waals surface area contributed by atoms with Crippen LogP contribution >= 0.6 is 22.7 Å². The molecule has 0 bridgehead atoms. The van der Waals surface area contributed by atoms with E-state index in [2.05, 4.69) is 31.4 Å². The molecule has 0 radical (unpaired) electrons. The molecule has 0 aliphatic heterocycles. The number of methoxy groups -OCH3 is 1. The van der Waals surface area contributed by atoms with Gasteiger partial charge in [0.25, 0.3) is 11.8 Å². The summed E-state index contributed by atoms with van der Waals surface area (Å²) in [6, 6.07) is 11.0. The number of benzene rings is 1. The Morgan fingerprint density at radius 1 is 1.06 bits per heavy atom. The number of amides is 2. The molecule has 2 heterocycles. The summed E-state index contributed by atoms with van der Waals surface area (Å²) >= 11 is 2.92. The number of fused-ring (bicyclic) bond motifs is 1. The van der Waals surface area contributed by atoms with Gasteiger partial charge in [-0.2, -0.15) is 0 Å². The molecule has 5 nitrogen and oxygen atoms in total. The third kappa shape index (κ3) is 4.59. The average molecular weight is 469 g/mol. The summed E-state index contributed by atoms with van der Waals surface area (Å²) in [5.74, 6) is 0.738. The van der Waals surface area contributed by atoms with E-state index in [9.17, 15) is 9.59 Å². The van der Waals surface area contributed by atoms with E-state index in [1.54, 1.807) is 13.2 Å². The van der Waals surface area contributed by atoms with Gasteiger partial charge in [0.2, 0.25) is 0 Å². The lowest BCUT2D eigenvalue weighted by atomic mass is 9.72. The average Bonchev–Trinajstić information content (AvgIpc) is 3.41. The van der Waals surface area contributed by atoms with Gasteiger partial charge in [0.15, 0.2) is 0 Å². The highest BCUT2D eigenvalue weighted by Crippen LogP contribution is 2.44. The highest BCUT2D eigenvalue weighted by atomic mass is 32.1. The normalized spacial score (nSPS) is 15.7. The van der Waals surface area contributed by atoms with Gasteiger partial charge in [-0.1, -0.05) is 39.0 Å². The Morgan fingerprint density at radius 2 is 1.84 bits per heavy atom. The number of anilines is 2. The Hall–Kier alpha value is -2.64. The zero-order valence-electron chi connectivity index (χ0n) is 18.8. The fraction of sp³-hybridized carbons (Fsp3) is 0.360. The zero-order valence-corrected chi connectivity index (χ0v) is 20.4. The predicted octanol–water partition coefficient (Wildman–Crippen LogP) is 6.47. The maximum absolute atomic E-state index is 13.5. The van der Waals surface area contributed by atoms with Crippen LogP contribution in [0.25, 0.3) is 0 Å². The van der Waals surface area contributed by atoms with E-state index in [0.717, 1.165) is 24.8 Å². The number of para-hydroxylation sites is 2. The van der Waals surface area contributed by atoms with Crippen molar-refractivity contribution in [3.05, 3.63) is 62.7 Å². The second kappa shape index (κ2) is 9.08. The Morgan fingerprint density at radius 3 is 2.53 bits per heavy atom. The SMILES string of the molecule is COc1ccccc1NC(=O)c1c(NC(=O)c2cccs2)sc2c1CC[C@H](C(C)(C)C)C2. The smallest absolute Gasteiger partial charge is 0.266 e. The molecule has 1 aliphatic rings. The summed E-state index contributed by atoms with van der Waals surface area (Å²) in [7, 11) is 1.58. The van der Waals surface area contributed by atoms with Gasteiger partial charge in [-0.05, 0) is 59.7 Å². The number of rotatable bonds is 5. The maximum atomic E-state index is 13.5. The second-order valence-electron chi connectivity index (χ2n) is 9.10. The van der Waals surface area contributed by atoms with Crippen LogP contribution in [0.4, 0.5) is 10.7 Å². The molecule has 0 unspecified atom stereocenters. The molecule has 2 N–H and O–H groups in total. The molecule has 1 aliphatic carbocycles.